The molecule has 1 saturated heterocycles. The zero-order valence-corrected chi connectivity index (χ0v) is 22.8. The number of carbonyl (C=O) groups is 1. The number of nitrogens with one attached hydrogen (secondary N) is 1. The van der Waals surface area contributed by atoms with Crippen LogP contribution in [0.1, 0.15) is 16.7 Å². The molecule has 7 nitrogen and oxygen atoms in total. The molecule has 1 aliphatic heterocycles. The summed E-state index contributed by atoms with van der Waals surface area (Å²) in [5.74, 6) is -0.119. The van der Waals surface area contributed by atoms with E-state index in [1.54, 1.807) is 4.90 Å². The van der Waals surface area contributed by atoms with Gasteiger partial charge in [-0.3, -0.25) is 9.52 Å². The lowest BCUT2D eigenvalue weighted by atomic mass is 10.1. The molecular formula is C27H27ClF3N3O4S. The average molecular weight is 582 g/mol. The fourth-order valence-corrected chi connectivity index (χ4v) is 5.62. The molecule has 12 heteroatoms. The first-order valence-electron chi connectivity index (χ1n) is 12.1. The van der Waals surface area contributed by atoms with Crippen LogP contribution < -0.4 is 14.4 Å². The van der Waals surface area contributed by atoms with E-state index in [2.05, 4.69) is 35.6 Å². The monoisotopic (exact) mass is 581 g/mol. The van der Waals surface area contributed by atoms with Crippen molar-refractivity contribution < 1.29 is 31.1 Å². The van der Waals surface area contributed by atoms with Crippen LogP contribution >= 0.6 is 11.6 Å². The lowest BCUT2D eigenvalue weighted by molar-refractivity contribution is -0.137. The maximum Gasteiger partial charge on any atom is 0.416 e. The molecule has 39 heavy (non-hydrogen) atoms. The van der Waals surface area contributed by atoms with Crippen LogP contribution in [0.15, 0.2) is 65.6 Å². The molecule has 0 saturated carbocycles. The fraction of sp³-hybridized carbons (Fsp3) is 0.296. The van der Waals surface area contributed by atoms with Gasteiger partial charge in [0.25, 0.3) is 15.9 Å². The van der Waals surface area contributed by atoms with Crippen LogP contribution in [0.4, 0.5) is 24.5 Å². The Morgan fingerprint density at radius 2 is 1.69 bits per heavy atom. The standard InChI is InChI=1S/C27H27ClF3N3O4S/c1-18-5-3-8-24(19(18)2)33-11-13-34(14-12-33)26(35)17-38-25-10-9-22(16-23(25)28)39(36,37)32-21-7-4-6-20(15-21)27(29,30)31/h3-10,15-16,32H,11-14,17H2,1-2H3. The molecule has 0 bridgehead atoms. The van der Waals surface area contributed by atoms with Crippen molar-refractivity contribution in [2.24, 2.45) is 0 Å². The third-order valence-electron chi connectivity index (χ3n) is 6.56. The van der Waals surface area contributed by atoms with Gasteiger partial charge < -0.3 is 14.5 Å². The Morgan fingerprint density at radius 1 is 1.00 bits per heavy atom. The van der Waals surface area contributed by atoms with Crippen LogP contribution in [0.5, 0.6) is 5.75 Å². The quantitative estimate of drug-likeness (QED) is 0.398. The van der Waals surface area contributed by atoms with Crippen LogP contribution in [0.3, 0.4) is 0 Å². The second-order valence-electron chi connectivity index (χ2n) is 9.15. The molecule has 1 fully saturated rings. The minimum Gasteiger partial charge on any atom is -0.482 e. The summed E-state index contributed by atoms with van der Waals surface area (Å²) in [6.07, 6.45) is -4.62. The van der Waals surface area contributed by atoms with E-state index in [1.807, 2.05) is 6.07 Å². The number of piperazine rings is 1. The Morgan fingerprint density at radius 3 is 2.36 bits per heavy atom. The van der Waals surface area contributed by atoms with Gasteiger partial charge in [-0.25, -0.2) is 8.42 Å². The van der Waals surface area contributed by atoms with Gasteiger partial charge in [0, 0.05) is 37.6 Å². The molecule has 0 unspecified atom stereocenters. The number of halogens is 4. The third-order valence-corrected chi connectivity index (χ3v) is 8.23. The number of rotatable bonds is 7. The number of alkyl halides is 3. The highest BCUT2D eigenvalue weighted by Gasteiger charge is 2.31. The molecule has 0 radical (unpaired) electrons. The number of anilines is 2. The molecule has 0 atom stereocenters. The molecule has 208 valence electrons. The summed E-state index contributed by atoms with van der Waals surface area (Å²) in [5.41, 5.74) is 2.35. The molecule has 1 N–H and O–H groups in total. The number of carbonyl (C=O) groups excluding carboxylic acids is 1. The van der Waals surface area contributed by atoms with Crippen molar-refractivity contribution in [3.63, 3.8) is 0 Å². The molecule has 1 heterocycles. The van der Waals surface area contributed by atoms with Gasteiger partial charge in [-0.1, -0.05) is 29.8 Å². The summed E-state index contributed by atoms with van der Waals surface area (Å²) >= 11 is 6.21. The van der Waals surface area contributed by atoms with Crippen molar-refractivity contribution in [3.8, 4) is 5.75 Å². The zero-order valence-electron chi connectivity index (χ0n) is 21.3. The summed E-state index contributed by atoms with van der Waals surface area (Å²) in [7, 11) is -4.23. The first-order valence-corrected chi connectivity index (χ1v) is 13.9. The van der Waals surface area contributed by atoms with Gasteiger partial charge in [-0.05, 0) is 67.4 Å². The van der Waals surface area contributed by atoms with E-state index in [-0.39, 0.29) is 33.9 Å². The molecule has 1 aliphatic rings. The number of hydrogen-bond acceptors (Lipinski definition) is 5. The van der Waals surface area contributed by atoms with E-state index in [9.17, 15) is 26.4 Å². The zero-order chi connectivity index (χ0) is 28.4. The van der Waals surface area contributed by atoms with E-state index in [0.29, 0.717) is 32.2 Å². The van der Waals surface area contributed by atoms with E-state index >= 15 is 0 Å². The molecule has 1 amide bonds. The highest BCUT2D eigenvalue weighted by Crippen LogP contribution is 2.32. The first-order chi connectivity index (χ1) is 18.3. The molecule has 0 aliphatic carbocycles. The third kappa shape index (κ3) is 6.77. The van der Waals surface area contributed by atoms with E-state index in [0.717, 1.165) is 23.9 Å². The van der Waals surface area contributed by atoms with Crippen molar-refractivity contribution in [2.75, 3.05) is 42.4 Å². The van der Waals surface area contributed by atoms with Gasteiger partial charge in [-0.2, -0.15) is 13.2 Å². The van der Waals surface area contributed by atoms with Gasteiger partial charge >= 0.3 is 6.18 Å². The van der Waals surface area contributed by atoms with Crippen LogP contribution in [0.25, 0.3) is 0 Å². The van der Waals surface area contributed by atoms with Crippen LogP contribution in [-0.2, 0) is 21.0 Å². The summed E-state index contributed by atoms with van der Waals surface area (Å²) in [6.45, 7) is 6.29. The summed E-state index contributed by atoms with van der Waals surface area (Å²) < 4.78 is 71.9. The summed E-state index contributed by atoms with van der Waals surface area (Å²) in [4.78, 5) is 16.4. The summed E-state index contributed by atoms with van der Waals surface area (Å²) in [6, 6.07) is 13.6. The fourth-order valence-electron chi connectivity index (χ4n) is 4.24. The smallest absolute Gasteiger partial charge is 0.416 e. The van der Waals surface area contributed by atoms with E-state index < -0.39 is 21.8 Å². The molecular weight excluding hydrogens is 555 g/mol. The van der Waals surface area contributed by atoms with Crippen molar-refractivity contribution >= 4 is 38.9 Å². The minimum atomic E-state index is -4.62. The average Bonchev–Trinajstić information content (AvgIpc) is 2.89. The topological polar surface area (TPSA) is 79.0 Å². The van der Waals surface area contributed by atoms with Crippen molar-refractivity contribution in [2.45, 2.75) is 24.9 Å². The molecule has 0 spiro atoms. The van der Waals surface area contributed by atoms with Gasteiger partial charge in [0.1, 0.15) is 5.75 Å². The predicted octanol–water partition coefficient (Wildman–Crippen LogP) is 5.50. The summed E-state index contributed by atoms with van der Waals surface area (Å²) in [5, 5.41) is -0.0607. The number of ether oxygens (including phenoxy) is 1. The predicted molar refractivity (Wildman–Crippen MR) is 144 cm³/mol. The number of amides is 1. The highest BCUT2D eigenvalue weighted by atomic mass is 35.5. The van der Waals surface area contributed by atoms with Crippen LogP contribution in [0, 0.1) is 13.8 Å². The minimum absolute atomic E-state index is 0.0607. The number of aryl methyl sites for hydroxylation is 1. The van der Waals surface area contributed by atoms with Crippen molar-refractivity contribution in [1.82, 2.24) is 4.90 Å². The SMILES string of the molecule is Cc1cccc(N2CCN(C(=O)COc3ccc(S(=O)(=O)Nc4cccc(C(F)(F)F)c4)cc3Cl)CC2)c1C. The van der Waals surface area contributed by atoms with E-state index in [1.165, 1.54) is 29.3 Å². The largest absolute Gasteiger partial charge is 0.482 e. The highest BCUT2D eigenvalue weighted by molar-refractivity contribution is 7.92. The Balaban J connectivity index is 1.34. The Bertz CT molecular complexity index is 1470. The maximum absolute atomic E-state index is 12.9. The normalized spacial score (nSPS) is 14.3. The van der Waals surface area contributed by atoms with Crippen LogP contribution in [0.2, 0.25) is 5.02 Å². The number of sulfonamides is 1. The molecule has 4 rings (SSSR count). The Kier molecular flexibility index (Phi) is 8.31. The van der Waals surface area contributed by atoms with Gasteiger partial charge in [-0.15, -0.1) is 0 Å². The van der Waals surface area contributed by atoms with Crippen molar-refractivity contribution in [3.05, 3.63) is 82.4 Å². The molecule has 0 aromatic heterocycles. The van der Waals surface area contributed by atoms with Crippen LogP contribution in [-0.4, -0.2) is 52.0 Å². The van der Waals surface area contributed by atoms with E-state index in [4.69, 9.17) is 16.3 Å². The van der Waals surface area contributed by atoms with Gasteiger partial charge in [0.15, 0.2) is 6.61 Å². The number of hydrogen-bond donors (Lipinski definition) is 1. The Hall–Kier alpha value is -3.44. The molecule has 3 aromatic rings. The van der Waals surface area contributed by atoms with Gasteiger partial charge in [0.2, 0.25) is 0 Å². The first kappa shape index (κ1) is 28.6. The lowest BCUT2D eigenvalue weighted by Crippen LogP contribution is -2.50. The second-order valence-corrected chi connectivity index (χ2v) is 11.2. The van der Waals surface area contributed by atoms with Gasteiger partial charge in [0.05, 0.1) is 15.5 Å². The molecule has 3 aromatic carbocycles. The van der Waals surface area contributed by atoms with Crippen molar-refractivity contribution in [1.29, 1.82) is 0 Å². The number of nitrogens with zero attached hydrogens (tertiary/aromatic N) is 2. The maximum atomic E-state index is 12.9. The number of benzene rings is 3. The lowest BCUT2D eigenvalue weighted by Gasteiger charge is -2.37. The second kappa shape index (κ2) is 11.4. The Labute approximate surface area is 230 Å².